The molecule has 11 heteroatoms. The van der Waals surface area contributed by atoms with E-state index in [1.165, 1.54) is 16.4 Å². The molecule has 1 aromatic carbocycles. The number of benzene rings is 1. The molecule has 0 spiro atoms. The number of aromatic nitrogens is 1. The average Bonchev–Trinajstić information content (AvgIpc) is 2.79. The van der Waals surface area contributed by atoms with E-state index in [1.54, 1.807) is 18.3 Å². The van der Waals surface area contributed by atoms with Crippen LogP contribution in [0.5, 0.6) is 0 Å². The molecule has 0 aliphatic carbocycles. The van der Waals surface area contributed by atoms with Gasteiger partial charge >= 0.3 is 0 Å². The van der Waals surface area contributed by atoms with Gasteiger partial charge in [-0.2, -0.15) is 4.31 Å². The molecule has 0 radical (unpaired) electrons. The van der Waals surface area contributed by atoms with E-state index in [9.17, 15) is 21.6 Å². The number of nitrogens with one attached hydrogen (secondary N) is 1. The van der Waals surface area contributed by atoms with E-state index >= 15 is 0 Å². The lowest BCUT2D eigenvalue weighted by Crippen LogP contribution is -2.50. The standard InChI is InChI=1S/C21H28N4O5S2/c1-18-5-7-19(8-6-18)31(27,28)16-9-21(26)23-11-17-32(29,30)25-14-12-24(13-15-25)20-4-2-3-10-22-20/h2-8,10H,9,11-17H2,1H3,(H,23,26). The van der Waals surface area contributed by atoms with Crippen LogP contribution in [0.25, 0.3) is 0 Å². The molecular weight excluding hydrogens is 452 g/mol. The molecule has 1 N–H and O–H groups in total. The molecule has 1 saturated heterocycles. The van der Waals surface area contributed by atoms with Crippen LogP contribution in [-0.4, -0.2) is 76.3 Å². The van der Waals surface area contributed by atoms with Gasteiger partial charge in [-0.05, 0) is 31.2 Å². The van der Waals surface area contributed by atoms with Gasteiger partial charge in [0, 0.05) is 45.3 Å². The third-order valence-corrected chi connectivity index (χ3v) is 8.87. The smallest absolute Gasteiger partial charge is 0.221 e. The van der Waals surface area contributed by atoms with E-state index in [0.717, 1.165) is 11.4 Å². The zero-order valence-electron chi connectivity index (χ0n) is 18.0. The maximum absolute atomic E-state index is 12.6. The predicted molar refractivity (Wildman–Crippen MR) is 123 cm³/mol. The van der Waals surface area contributed by atoms with E-state index in [0.29, 0.717) is 26.2 Å². The van der Waals surface area contributed by atoms with E-state index in [-0.39, 0.29) is 29.4 Å². The Hall–Kier alpha value is -2.50. The zero-order valence-corrected chi connectivity index (χ0v) is 19.6. The van der Waals surface area contributed by atoms with Crippen molar-refractivity contribution >= 4 is 31.6 Å². The van der Waals surface area contributed by atoms with Crippen molar-refractivity contribution in [2.24, 2.45) is 0 Å². The van der Waals surface area contributed by atoms with Crippen LogP contribution >= 0.6 is 0 Å². The summed E-state index contributed by atoms with van der Waals surface area (Å²) in [5, 5.41) is 2.52. The predicted octanol–water partition coefficient (Wildman–Crippen LogP) is 0.822. The lowest BCUT2D eigenvalue weighted by molar-refractivity contribution is -0.120. The molecule has 0 atom stereocenters. The first-order valence-corrected chi connectivity index (χ1v) is 13.6. The van der Waals surface area contributed by atoms with E-state index in [4.69, 9.17) is 0 Å². The number of carbonyl (C=O) groups excluding carboxylic acids is 1. The molecule has 1 aromatic heterocycles. The fourth-order valence-corrected chi connectivity index (χ4v) is 5.94. The number of amides is 1. The molecule has 1 aliphatic rings. The van der Waals surface area contributed by atoms with Crippen LogP contribution in [0.15, 0.2) is 53.6 Å². The van der Waals surface area contributed by atoms with E-state index < -0.39 is 25.8 Å². The van der Waals surface area contributed by atoms with Gasteiger partial charge < -0.3 is 10.2 Å². The van der Waals surface area contributed by atoms with E-state index in [1.807, 2.05) is 30.0 Å². The summed E-state index contributed by atoms with van der Waals surface area (Å²) in [4.78, 5) is 18.5. The first-order chi connectivity index (χ1) is 15.2. The molecule has 3 rings (SSSR count). The summed E-state index contributed by atoms with van der Waals surface area (Å²) in [7, 11) is -7.09. The highest BCUT2D eigenvalue weighted by molar-refractivity contribution is 7.91. The third-order valence-electron chi connectivity index (χ3n) is 5.27. The summed E-state index contributed by atoms with van der Waals surface area (Å²) in [6.45, 7) is 3.58. The monoisotopic (exact) mass is 480 g/mol. The maximum atomic E-state index is 12.6. The van der Waals surface area contributed by atoms with Gasteiger partial charge in [-0.1, -0.05) is 23.8 Å². The second-order valence-electron chi connectivity index (χ2n) is 7.62. The van der Waals surface area contributed by atoms with Gasteiger partial charge in [-0.25, -0.2) is 21.8 Å². The Morgan fingerprint density at radius 2 is 1.66 bits per heavy atom. The first kappa shape index (κ1) is 24.1. The van der Waals surface area contributed by atoms with Crippen molar-refractivity contribution in [2.45, 2.75) is 18.2 Å². The van der Waals surface area contributed by atoms with Crippen LogP contribution in [0.2, 0.25) is 0 Å². The molecule has 0 unspecified atom stereocenters. The second kappa shape index (κ2) is 10.4. The number of hydrogen-bond donors (Lipinski definition) is 1. The number of sulfonamides is 1. The molecule has 2 aromatic rings. The van der Waals surface area contributed by atoms with Gasteiger partial charge in [0.1, 0.15) is 5.82 Å². The lowest BCUT2D eigenvalue weighted by atomic mass is 10.2. The van der Waals surface area contributed by atoms with Gasteiger partial charge in [-0.3, -0.25) is 4.79 Å². The van der Waals surface area contributed by atoms with Crippen molar-refractivity contribution in [1.82, 2.24) is 14.6 Å². The molecule has 0 saturated carbocycles. The Morgan fingerprint density at radius 3 is 2.28 bits per heavy atom. The summed E-state index contributed by atoms with van der Waals surface area (Å²) in [6, 6.07) is 12.0. The summed E-state index contributed by atoms with van der Waals surface area (Å²) in [5.74, 6) is -0.231. The van der Waals surface area contributed by atoms with Gasteiger partial charge in [0.05, 0.1) is 16.4 Å². The van der Waals surface area contributed by atoms with Crippen molar-refractivity contribution < 1.29 is 21.6 Å². The van der Waals surface area contributed by atoms with Gasteiger partial charge in [-0.15, -0.1) is 0 Å². The molecule has 2 heterocycles. The Morgan fingerprint density at radius 1 is 0.969 bits per heavy atom. The number of carbonyl (C=O) groups is 1. The minimum absolute atomic E-state index is 0.0633. The minimum atomic E-state index is -3.57. The number of rotatable bonds is 9. The Bertz CT molecular complexity index is 1110. The minimum Gasteiger partial charge on any atom is -0.355 e. The van der Waals surface area contributed by atoms with Crippen LogP contribution in [0.1, 0.15) is 12.0 Å². The zero-order chi connectivity index (χ0) is 23.2. The van der Waals surface area contributed by atoms with Gasteiger partial charge in [0.15, 0.2) is 9.84 Å². The Kier molecular flexibility index (Phi) is 7.86. The van der Waals surface area contributed by atoms with Crippen molar-refractivity contribution in [3.8, 4) is 0 Å². The SMILES string of the molecule is Cc1ccc(S(=O)(=O)CCC(=O)NCCS(=O)(=O)N2CCN(c3ccccn3)CC2)cc1. The van der Waals surface area contributed by atoms with Crippen molar-refractivity contribution in [2.75, 3.05) is 49.1 Å². The number of anilines is 1. The van der Waals surface area contributed by atoms with E-state index in [2.05, 4.69) is 10.3 Å². The van der Waals surface area contributed by atoms with Crippen LogP contribution in [0.4, 0.5) is 5.82 Å². The summed E-state index contributed by atoms with van der Waals surface area (Å²) < 4.78 is 51.2. The Labute approximate surface area is 189 Å². The lowest BCUT2D eigenvalue weighted by Gasteiger charge is -2.34. The summed E-state index contributed by atoms with van der Waals surface area (Å²) >= 11 is 0. The summed E-state index contributed by atoms with van der Waals surface area (Å²) in [6.07, 6.45) is 1.48. The largest absolute Gasteiger partial charge is 0.355 e. The average molecular weight is 481 g/mol. The highest BCUT2D eigenvalue weighted by Crippen LogP contribution is 2.15. The topological polar surface area (TPSA) is 117 Å². The van der Waals surface area contributed by atoms with Gasteiger partial charge in [0.25, 0.3) is 0 Å². The van der Waals surface area contributed by atoms with Crippen LogP contribution in [0, 0.1) is 6.92 Å². The first-order valence-electron chi connectivity index (χ1n) is 10.4. The molecule has 1 fully saturated rings. The number of aryl methyl sites for hydroxylation is 1. The van der Waals surface area contributed by atoms with Crippen molar-refractivity contribution in [3.63, 3.8) is 0 Å². The van der Waals surface area contributed by atoms with Gasteiger partial charge in [0.2, 0.25) is 15.9 Å². The number of pyridine rings is 1. The summed E-state index contributed by atoms with van der Waals surface area (Å²) in [5.41, 5.74) is 0.945. The maximum Gasteiger partial charge on any atom is 0.221 e. The quantitative estimate of drug-likeness (QED) is 0.565. The number of sulfone groups is 1. The highest BCUT2D eigenvalue weighted by Gasteiger charge is 2.27. The van der Waals surface area contributed by atoms with Crippen molar-refractivity contribution in [1.29, 1.82) is 0 Å². The fraction of sp³-hybridized carbons (Fsp3) is 0.429. The number of piperazine rings is 1. The van der Waals surface area contributed by atoms with Crippen LogP contribution in [0.3, 0.4) is 0 Å². The number of hydrogen-bond acceptors (Lipinski definition) is 7. The Balaban J connectivity index is 1.41. The molecule has 0 bridgehead atoms. The molecule has 9 nitrogen and oxygen atoms in total. The molecule has 1 amide bonds. The second-order valence-corrected chi connectivity index (χ2v) is 11.8. The normalized spacial score (nSPS) is 15.5. The van der Waals surface area contributed by atoms with Crippen LogP contribution in [-0.2, 0) is 24.7 Å². The van der Waals surface area contributed by atoms with Crippen molar-refractivity contribution in [3.05, 3.63) is 54.2 Å². The molecular formula is C21H28N4O5S2. The fourth-order valence-electron chi connectivity index (χ4n) is 3.36. The highest BCUT2D eigenvalue weighted by atomic mass is 32.2. The number of nitrogens with zero attached hydrogens (tertiary/aromatic N) is 3. The third kappa shape index (κ3) is 6.50. The van der Waals surface area contributed by atoms with Crippen LogP contribution < -0.4 is 10.2 Å². The molecule has 1 aliphatic heterocycles. The molecule has 32 heavy (non-hydrogen) atoms. The molecule has 174 valence electrons.